The van der Waals surface area contributed by atoms with Gasteiger partial charge in [0.05, 0.1) is 0 Å². The molecule has 1 saturated heterocycles. The summed E-state index contributed by atoms with van der Waals surface area (Å²) >= 11 is 0. The second-order valence-corrected chi connectivity index (χ2v) is 7.07. The molecule has 148 valence electrons. The van der Waals surface area contributed by atoms with Crippen molar-refractivity contribution in [2.45, 2.75) is 65.0 Å². The summed E-state index contributed by atoms with van der Waals surface area (Å²) in [5, 5.41) is 6.74. The predicted molar refractivity (Wildman–Crippen MR) is 117 cm³/mol. The first-order valence-corrected chi connectivity index (χ1v) is 9.43. The van der Waals surface area contributed by atoms with Crippen molar-refractivity contribution in [1.82, 2.24) is 20.4 Å². The molecule has 1 heterocycles. The zero-order valence-electron chi connectivity index (χ0n) is 16.7. The lowest BCUT2D eigenvalue weighted by Gasteiger charge is -2.33. The molecule has 0 saturated carbocycles. The lowest BCUT2D eigenvalue weighted by Crippen LogP contribution is -2.44. The molecule has 0 aromatic heterocycles. The summed E-state index contributed by atoms with van der Waals surface area (Å²) in [5.41, 5.74) is 0. The second kappa shape index (κ2) is 13.6. The molecule has 2 unspecified atom stereocenters. The van der Waals surface area contributed by atoms with Crippen molar-refractivity contribution in [3.63, 3.8) is 0 Å². The third-order valence-electron chi connectivity index (χ3n) is 4.72. The van der Waals surface area contributed by atoms with Gasteiger partial charge in [-0.15, -0.1) is 24.0 Å². The molecule has 25 heavy (non-hydrogen) atoms. The van der Waals surface area contributed by atoms with Crippen molar-refractivity contribution in [3.8, 4) is 0 Å². The Balaban J connectivity index is 0.00000576. The van der Waals surface area contributed by atoms with E-state index in [0.717, 1.165) is 31.9 Å². The van der Waals surface area contributed by atoms with E-state index in [9.17, 15) is 4.79 Å². The van der Waals surface area contributed by atoms with Crippen molar-refractivity contribution >= 4 is 35.8 Å². The van der Waals surface area contributed by atoms with Crippen molar-refractivity contribution in [2.24, 2.45) is 4.99 Å². The predicted octanol–water partition coefficient (Wildman–Crippen LogP) is 2.29. The SMILES string of the molecule is CCC(C)NC(=NCC(=O)N(C)C)NCCCN1CCCCC1C.I. The normalized spacial score (nSPS) is 19.7. The molecule has 1 aliphatic rings. The van der Waals surface area contributed by atoms with E-state index in [2.05, 4.69) is 41.3 Å². The van der Waals surface area contributed by atoms with Crippen LogP contribution in [0.4, 0.5) is 0 Å². The van der Waals surface area contributed by atoms with Crippen LogP contribution in [0.5, 0.6) is 0 Å². The number of guanidine groups is 1. The standard InChI is InChI=1S/C18H37N5O.HI/c1-6-15(2)21-18(20-14-17(24)22(4)5)19-11-9-13-23-12-8-7-10-16(23)3;/h15-16H,6-14H2,1-5H3,(H2,19,20,21);1H. The van der Waals surface area contributed by atoms with Crippen LogP contribution < -0.4 is 10.6 Å². The number of likely N-dealkylation sites (tertiary alicyclic amines) is 1. The van der Waals surface area contributed by atoms with Crippen LogP contribution in [0.2, 0.25) is 0 Å². The van der Waals surface area contributed by atoms with E-state index in [0.29, 0.717) is 12.1 Å². The average molecular weight is 467 g/mol. The summed E-state index contributed by atoms with van der Waals surface area (Å²) in [4.78, 5) is 20.3. The highest BCUT2D eigenvalue weighted by Crippen LogP contribution is 2.15. The van der Waals surface area contributed by atoms with Crippen LogP contribution in [-0.2, 0) is 4.79 Å². The van der Waals surface area contributed by atoms with Crippen LogP contribution in [0.1, 0.15) is 52.9 Å². The third kappa shape index (κ3) is 10.2. The monoisotopic (exact) mass is 467 g/mol. The maximum Gasteiger partial charge on any atom is 0.243 e. The largest absolute Gasteiger partial charge is 0.356 e. The van der Waals surface area contributed by atoms with Crippen molar-refractivity contribution in [3.05, 3.63) is 0 Å². The van der Waals surface area contributed by atoms with E-state index >= 15 is 0 Å². The van der Waals surface area contributed by atoms with E-state index in [1.54, 1.807) is 19.0 Å². The van der Waals surface area contributed by atoms with Gasteiger partial charge in [0.1, 0.15) is 6.54 Å². The van der Waals surface area contributed by atoms with Gasteiger partial charge in [0, 0.05) is 39.3 Å². The Kier molecular flexibility index (Phi) is 13.3. The summed E-state index contributed by atoms with van der Waals surface area (Å²) in [7, 11) is 3.51. The van der Waals surface area contributed by atoms with Gasteiger partial charge in [0.15, 0.2) is 5.96 Å². The lowest BCUT2D eigenvalue weighted by atomic mass is 10.0. The van der Waals surface area contributed by atoms with Gasteiger partial charge in [-0.3, -0.25) is 4.79 Å². The fraction of sp³-hybridized carbons (Fsp3) is 0.889. The first-order chi connectivity index (χ1) is 11.4. The maximum absolute atomic E-state index is 11.7. The highest BCUT2D eigenvalue weighted by molar-refractivity contribution is 14.0. The fourth-order valence-corrected chi connectivity index (χ4v) is 2.75. The van der Waals surface area contributed by atoms with E-state index in [-0.39, 0.29) is 36.4 Å². The first kappa shape index (κ1) is 24.4. The number of hydrogen-bond acceptors (Lipinski definition) is 3. The zero-order chi connectivity index (χ0) is 17.9. The molecule has 6 nitrogen and oxygen atoms in total. The molecule has 0 radical (unpaired) electrons. The summed E-state index contributed by atoms with van der Waals surface area (Å²) in [6.45, 7) is 10.0. The van der Waals surface area contributed by atoms with Gasteiger partial charge in [-0.1, -0.05) is 13.3 Å². The van der Waals surface area contributed by atoms with Gasteiger partial charge in [-0.25, -0.2) is 4.99 Å². The Labute approximate surface area is 171 Å². The zero-order valence-corrected chi connectivity index (χ0v) is 19.0. The van der Waals surface area contributed by atoms with Gasteiger partial charge >= 0.3 is 0 Å². The molecular formula is C18H38IN5O. The molecule has 0 aliphatic carbocycles. The summed E-state index contributed by atoms with van der Waals surface area (Å²) in [5.74, 6) is 0.758. The van der Waals surface area contributed by atoms with Crippen molar-refractivity contribution < 1.29 is 4.79 Å². The number of nitrogens with one attached hydrogen (secondary N) is 2. The minimum atomic E-state index is 0. The fourth-order valence-electron chi connectivity index (χ4n) is 2.75. The van der Waals surface area contributed by atoms with E-state index < -0.39 is 0 Å². The Morgan fingerprint density at radius 3 is 2.68 bits per heavy atom. The van der Waals surface area contributed by atoms with Gasteiger partial charge in [0.25, 0.3) is 0 Å². The van der Waals surface area contributed by atoms with Crippen molar-refractivity contribution in [2.75, 3.05) is 40.3 Å². The van der Waals surface area contributed by atoms with Gasteiger partial charge in [0.2, 0.25) is 5.91 Å². The van der Waals surface area contributed by atoms with E-state index in [1.165, 1.54) is 25.8 Å². The van der Waals surface area contributed by atoms with Crippen LogP contribution >= 0.6 is 24.0 Å². The number of nitrogens with zero attached hydrogens (tertiary/aromatic N) is 3. The minimum Gasteiger partial charge on any atom is -0.356 e. The molecule has 0 spiro atoms. The summed E-state index contributed by atoms with van der Waals surface area (Å²) in [6, 6.07) is 1.05. The molecule has 1 amide bonds. The van der Waals surface area contributed by atoms with Crippen molar-refractivity contribution in [1.29, 1.82) is 0 Å². The molecular weight excluding hydrogens is 429 g/mol. The molecule has 7 heteroatoms. The number of carbonyl (C=O) groups excluding carboxylic acids is 1. The molecule has 1 aliphatic heterocycles. The van der Waals surface area contributed by atoms with Gasteiger partial charge in [-0.2, -0.15) is 0 Å². The van der Waals surface area contributed by atoms with Crippen LogP contribution in [0, 0.1) is 0 Å². The van der Waals surface area contributed by atoms with Gasteiger partial charge < -0.3 is 20.4 Å². The van der Waals surface area contributed by atoms with Crippen LogP contribution in [0.25, 0.3) is 0 Å². The van der Waals surface area contributed by atoms with Crippen LogP contribution in [-0.4, -0.2) is 74.0 Å². The van der Waals surface area contributed by atoms with E-state index in [4.69, 9.17) is 0 Å². The summed E-state index contributed by atoms with van der Waals surface area (Å²) < 4.78 is 0. The number of hydrogen-bond donors (Lipinski definition) is 2. The number of piperidine rings is 1. The highest BCUT2D eigenvalue weighted by Gasteiger charge is 2.17. The number of carbonyl (C=O) groups is 1. The second-order valence-electron chi connectivity index (χ2n) is 7.07. The number of amides is 1. The molecule has 2 N–H and O–H groups in total. The summed E-state index contributed by atoms with van der Waals surface area (Å²) in [6.07, 6.45) is 6.13. The molecule has 0 aromatic rings. The first-order valence-electron chi connectivity index (χ1n) is 9.43. The Bertz CT molecular complexity index is 403. The minimum absolute atomic E-state index is 0. The number of halogens is 1. The number of rotatable bonds is 8. The topological polar surface area (TPSA) is 60.0 Å². The quantitative estimate of drug-likeness (QED) is 0.249. The molecule has 1 fully saturated rings. The molecule has 0 aromatic carbocycles. The smallest absolute Gasteiger partial charge is 0.243 e. The van der Waals surface area contributed by atoms with E-state index in [1.807, 2.05) is 0 Å². The average Bonchev–Trinajstić information content (AvgIpc) is 2.56. The Morgan fingerprint density at radius 1 is 1.36 bits per heavy atom. The molecule has 1 rings (SSSR count). The lowest BCUT2D eigenvalue weighted by molar-refractivity contribution is -0.127. The van der Waals surface area contributed by atoms with Crippen LogP contribution in [0.3, 0.4) is 0 Å². The Morgan fingerprint density at radius 2 is 2.08 bits per heavy atom. The maximum atomic E-state index is 11.7. The molecule has 0 bridgehead atoms. The Hall–Kier alpha value is -0.570. The third-order valence-corrected chi connectivity index (χ3v) is 4.72. The van der Waals surface area contributed by atoms with Gasteiger partial charge in [-0.05, 0) is 46.1 Å². The molecule has 2 atom stereocenters. The van der Waals surface area contributed by atoms with Crippen LogP contribution in [0.15, 0.2) is 4.99 Å². The number of aliphatic imine (C=N–C) groups is 1. The highest BCUT2D eigenvalue weighted by atomic mass is 127. The number of likely N-dealkylation sites (N-methyl/N-ethyl adjacent to an activating group) is 1.